The predicted octanol–water partition coefficient (Wildman–Crippen LogP) is 2.75. The second-order valence-electron chi connectivity index (χ2n) is 3.72. The van der Waals surface area contributed by atoms with E-state index < -0.39 is 0 Å². The zero-order valence-electron chi connectivity index (χ0n) is 9.15. The molecule has 5 heteroatoms. The van der Waals surface area contributed by atoms with Crippen molar-refractivity contribution < 1.29 is 9.18 Å². The van der Waals surface area contributed by atoms with E-state index in [-0.39, 0.29) is 18.0 Å². The Kier molecular flexibility index (Phi) is 3.38. The third-order valence-electron chi connectivity index (χ3n) is 2.35. The summed E-state index contributed by atoms with van der Waals surface area (Å²) < 4.78 is 15.0. The van der Waals surface area contributed by atoms with E-state index in [9.17, 15) is 9.18 Å². The van der Waals surface area contributed by atoms with Crippen molar-refractivity contribution >= 4 is 21.7 Å². The van der Waals surface area contributed by atoms with Crippen LogP contribution in [0.2, 0.25) is 0 Å². The molecule has 1 aromatic carbocycles. The first-order valence-electron chi connectivity index (χ1n) is 5.03. The Bertz CT molecular complexity index is 565. The maximum absolute atomic E-state index is 13.0. The molecule has 3 nitrogen and oxygen atoms in total. The van der Waals surface area contributed by atoms with Gasteiger partial charge in [-0.25, -0.2) is 4.39 Å². The van der Waals surface area contributed by atoms with Crippen LogP contribution in [0.5, 0.6) is 0 Å². The van der Waals surface area contributed by atoms with E-state index in [1.165, 1.54) is 6.07 Å². The fourth-order valence-electron chi connectivity index (χ4n) is 1.49. The normalized spacial score (nSPS) is 10.5. The van der Waals surface area contributed by atoms with Crippen LogP contribution < -0.4 is 0 Å². The number of nitrogens with zero attached hydrogens (tertiary/aromatic N) is 2. The van der Waals surface area contributed by atoms with Gasteiger partial charge in [-0.15, -0.1) is 0 Å². The van der Waals surface area contributed by atoms with Crippen LogP contribution in [0.3, 0.4) is 0 Å². The van der Waals surface area contributed by atoms with Crippen LogP contribution in [0.4, 0.5) is 4.39 Å². The summed E-state index contributed by atoms with van der Waals surface area (Å²) in [6, 6.07) is 6.21. The van der Waals surface area contributed by atoms with Crippen molar-refractivity contribution in [2.45, 2.75) is 6.42 Å². The summed E-state index contributed by atoms with van der Waals surface area (Å²) in [7, 11) is 1.76. The van der Waals surface area contributed by atoms with Gasteiger partial charge in [0, 0.05) is 19.7 Å². The third kappa shape index (κ3) is 2.79. The Morgan fingerprint density at radius 3 is 2.82 bits per heavy atom. The molecule has 2 aromatic rings. The highest BCUT2D eigenvalue weighted by molar-refractivity contribution is 9.10. The van der Waals surface area contributed by atoms with Gasteiger partial charge in [0.1, 0.15) is 11.5 Å². The van der Waals surface area contributed by atoms with Gasteiger partial charge in [-0.05, 0) is 39.7 Å². The maximum Gasteiger partial charge on any atom is 0.187 e. The zero-order chi connectivity index (χ0) is 12.4. The maximum atomic E-state index is 13.0. The molecule has 17 heavy (non-hydrogen) atoms. The van der Waals surface area contributed by atoms with Gasteiger partial charge in [-0.2, -0.15) is 5.10 Å². The van der Waals surface area contributed by atoms with Crippen molar-refractivity contribution in [3.8, 4) is 0 Å². The molecule has 0 saturated heterocycles. The van der Waals surface area contributed by atoms with Gasteiger partial charge in [0.15, 0.2) is 5.78 Å². The molecule has 0 aliphatic carbocycles. The Labute approximate surface area is 106 Å². The largest absolute Gasteiger partial charge is 0.292 e. The van der Waals surface area contributed by atoms with Gasteiger partial charge < -0.3 is 0 Å². The molecule has 0 spiro atoms. The van der Waals surface area contributed by atoms with E-state index >= 15 is 0 Å². The number of aromatic nitrogens is 2. The molecule has 0 bridgehead atoms. The van der Waals surface area contributed by atoms with Crippen molar-refractivity contribution in [3.05, 3.63) is 52.0 Å². The molecule has 2 rings (SSSR count). The highest BCUT2D eigenvalue weighted by atomic mass is 79.9. The first-order valence-corrected chi connectivity index (χ1v) is 5.82. The van der Waals surface area contributed by atoms with Gasteiger partial charge in [-0.3, -0.25) is 9.48 Å². The molecule has 0 atom stereocenters. The number of halogens is 2. The lowest BCUT2D eigenvalue weighted by atomic mass is 10.1. The van der Waals surface area contributed by atoms with Gasteiger partial charge in [-0.1, -0.05) is 6.07 Å². The molecule has 0 amide bonds. The number of carbonyl (C=O) groups excluding carboxylic acids is 1. The van der Waals surface area contributed by atoms with E-state index in [4.69, 9.17) is 0 Å². The molecular weight excluding hydrogens is 287 g/mol. The molecule has 1 heterocycles. The average molecular weight is 297 g/mol. The summed E-state index contributed by atoms with van der Waals surface area (Å²) in [6.45, 7) is 0. The summed E-state index contributed by atoms with van der Waals surface area (Å²) >= 11 is 3.09. The summed E-state index contributed by atoms with van der Waals surface area (Å²) in [5, 5.41) is 4.03. The number of ketones is 1. The molecule has 0 saturated carbocycles. The van der Waals surface area contributed by atoms with E-state index in [1.807, 2.05) is 0 Å². The third-order valence-corrected chi connectivity index (χ3v) is 2.96. The van der Waals surface area contributed by atoms with Crippen molar-refractivity contribution in [2.24, 2.45) is 7.05 Å². The van der Waals surface area contributed by atoms with Crippen molar-refractivity contribution in [2.75, 3.05) is 0 Å². The topological polar surface area (TPSA) is 34.9 Å². The number of rotatable bonds is 3. The molecule has 0 aliphatic heterocycles. The predicted molar refractivity (Wildman–Crippen MR) is 65.3 cm³/mol. The van der Waals surface area contributed by atoms with Crippen molar-refractivity contribution in [1.29, 1.82) is 0 Å². The average Bonchev–Trinajstić information content (AvgIpc) is 2.70. The Morgan fingerprint density at radius 1 is 1.47 bits per heavy atom. The van der Waals surface area contributed by atoms with Crippen molar-refractivity contribution in [3.63, 3.8) is 0 Å². The Hall–Kier alpha value is -1.49. The molecule has 0 N–H and O–H groups in total. The monoisotopic (exact) mass is 296 g/mol. The number of Topliss-reactive ketones (excluding diaryl/α,β-unsaturated/α-hetero) is 1. The lowest BCUT2D eigenvalue weighted by molar-refractivity contribution is 0.0987. The van der Waals surface area contributed by atoms with Crippen LogP contribution in [0.15, 0.2) is 34.9 Å². The van der Waals surface area contributed by atoms with Gasteiger partial charge in [0.2, 0.25) is 0 Å². The minimum Gasteiger partial charge on any atom is -0.292 e. The fourth-order valence-corrected chi connectivity index (χ4v) is 1.92. The van der Waals surface area contributed by atoms with Crippen LogP contribution in [0.25, 0.3) is 0 Å². The minimum atomic E-state index is -0.334. The summed E-state index contributed by atoms with van der Waals surface area (Å²) in [4.78, 5) is 11.8. The number of hydrogen-bond donors (Lipinski definition) is 0. The van der Waals surface area contributed by atoms with Gasteiger partial charge in [0.05, 0.1) is 4.47 Å². The zero-order valence-corrected chi connectivity index (χ0v) is 10.7. The number of carbonyl (C=O) groups is 1. The Morgan fingerprint density at radius 2 is 2.24 bits per heavy atom. The first kappa shape index (κ1) is 12.0. The van der Waals surface area contributed by atoms with Crippen LogP contribution in [0, 0.1) is 5.82 Å². The van der Waals surface area contributed by atoms with Gasteiger partial charge in [0.25, 0.3) is 0 Å². The van der Waals surface area contributed by atoms with Crippen LogP contribution in [0.1, 0.15) is 16.1 Å². The van der Waals surface area contributed by atoms with Crippen molar-refractivity contribution in [1.82, 2.24) is 9.78 Å². The molecule has 0 unspecified atom stereocenters. The highest BCUT2D eigenvalue weighted by Crippen LogP contribution is 2.17. The number of hydrogen-bond acceptors (Lipinski definition) is 2. The Balaban J connectivity index is 2.15. The van der Waals surface area contributed by atoms with E-state index in [2.05, 4.69) is 21.0 Å². The summed E-state index contributed by atoms with van der Waals surface area (Å²) in [5.74, 6) is -0.414. The van der Waals surface area contributed by atoms with E-state index in [0.29, 0.717) is 10.2 Å². The van der Waals surface area contributed by atoms with Gasteiger partial charge >= 0.3 is 0 Å². The SMILES string of the molecule is Cn1ccc(C(=O)Cc2ccc(F)c(Br)c2)n1. The summed E-state index contributed by atoms with van der Waals surface area (Å²) in [6.07, 6.45) is 1.93. The molecule has 0 fully saturated rings. The standard InChI is InChI=1S/C12H10BrFN2O/c1-16-5-4-11(15-16)12(17)7-8-2-3-10(14)9(13)6-8/h2-6H,7H2,1H3. The highest BCUT2D eigenvalue weighted by Gasteiger charge is 2.10. The second kappa shape index (κ2) is 4.79. The lowest BCUT2D eigenvalue weighted by Gasteiger charge is -2.00. The molecule has 0 radical (unpaired) electrons. The first-order chi connectivity index (χ1) is 8.06. The molecule has 1 aromatic heterocycles. The molecule has 0 aliphatic rings. The molecule has 88 valence electrons. The second-order valence-corrected chi connectivity index (χ2v) is 4.58. The number of aryl methyl sites for hydroxylation is 1. The fraction of sp³-hybridized carbons (Fsp3) is 0.167. The number of benzene rings is 1. The smallest absolute Gasteiger partial charge is 0.187 e. The molecular formula is C12H10BrFN2O. The van der Waals surface area contributed by atoms with Crippen LogP contribution in [-0.4, -0.2) is 15.6 Å². The van der Waals surface area contributed by atoms with Crippen LogP contribution >= 0.6 is 15.9 Å². The van der Waals surface area contributed by atoms with E-state index in [0.717, 1.165) is 5.56 Å². The lowest BCUT2D eigenvalue weighted by Crippen LogP contribution is -2.05. The van der Waals surface area contributed by atoms with E-state index in [1.54, 1.807) is 36.1 Å². The quantitative estimate of drug-likeness (QED) is 0.817. The minimum absolute atomic E-state index is 0.0795. The van der Waals surface area contributed by atoms with Crippen LogP contribution in [-0.2, 0) is 13.5 Å². The summed E-state index contributed by atoms with van der Waals surface area (Å²) in [5.41, 5.74) is 1.18.